The number of hydrogen-bond donors (Lipinski definition) is 1. The summed E-state index contributed by atoms with van der Waals surface area (Å²) in [4.78, 5) is 4.30. The lowest BCUT2D eigenvalue weighted by Gasteiger charge is -2.07. The molecule has 2 aromatic rings. The number of nitrogens with zero attached hydrogens (tertiary/aromatic N) is 2. The van der Waals surface area contributed by atoms with Gasteiger partial charge in [-0.15, -0.1) is 0 Å². The van der Waals surface area contributed by atoms with Crippen molar-refractivity contribution in [3.05, 3.63) is 41.2 Å². The fourth-order valence-electron chi connectivity index (χ4n) is 1.53. The van der Waals surface area contributed by atoms with Gasteiger partial charge in [0.15, 0.2) is 0 Å². The van der Waals surface area contributed by atoms with Crippen LogP contribution in [0.1, 0.15) is 36.7 Å². The first-order valence-corrected chi connectivity index (χ1v) is 6.87. The third kappa shape index (κ3) is 3.69. The van der Waals surface area contributed by atoms with E-state index in [4.69, 9.17) is 0 Å². The molecule has 0 spiro atoms. The molecular weight excluding hydrogens is 287 g/mol. The van der Waals surface area contributed by atoms with E-state index in [0.29, 0.717) is 11.7 Å². The van der Waals surface area contributed by atoms with E-state index in [0.717, 1.165) is 23.5 Å². The molecule has 0 fully saturated rings. The van der Waals surface area contributed by atoms with Crippen LogP contribution in [0.25, 0.3) is 0 Å². The quantitative estimate of drug-likeness (QED) is 0.915. The Labute approximate surface area is 119 Å². The van der Waals surface area contributed by atoms with E-state index in [2.05, 4.69) is 14.7 Å². The lowest BCUT2D eigenvalue weighted by Crippen LogP contribution is -2.05. The van der Waals surface area contributed by atoms with Gasteiger partial charge in [-0.25, -0.2) is 4.98 Å². The van der Waals surface area contributed by atoms with Crippen LogP contribution in [0.2, 0.25) is 0 Å². The van der Waals surface area contributed by atoms with Crippen LogP contribution >= 0.6 is 11.5 Å². The molecule has 108 valence electrons. The third-order valence-electron chi connectivity index (χ3n) is 2.68. The van der Waals surface area contributed by atoms with E-state index in [-0.39, 0.29) is 5.92 Å². The molecule has 0 aliphatic carbocycles. The molecular formula is C13H14F3N3S. The molecule has 20 heavy (non-hydrogen) atoms. The summed E-state index contributed by atoms with van der Waals surface area (Å²) in [5, 5.41) is 3.73. The summed E-state index contributed by atoms with van der Waals surface area (Å²) < 4.78 is 41.4. The monoisotopic (exact) mass is 301 g/mol. The largest absolute Gasteiger partial charge is 0.416 e. The van der Waals surface area contributed by atoms with Gasteiger partial charge in [-0.1, -0.05) is 26.0 Å². The molecule has 0 radical (unpaired) electrons. The van der Waals surface area contributed by atoms with Gasteiger partial charge in [-0.05, 0) is 17.7 Å². The molecule has 0 aliphatic heterocycles. The zero-order valence-electron chi connectivity index (χ0n) is 11.0. The van der Waals surface area contributed by atoms with Crippen LogP contribution in [0.5, 0.6) is 0 Å². The zero-order valence-corrected chi connectivity index (χ0v) is 11.8. The van der Waals surface area contributed by atoms with Gasteiger partial charge in [0.2, 0.25) is 5.13 Å². The Hall–Kier alpha value is -1.63. The van der Waals surface area contributed by atoms with E-state index >= 15 is 0 Å². The van der Waals surface area contributed by atoms with Crippen molar-refractivity contribution in [2.45, 2.75) is 32.5 Å². The Morgan fingerprint density at radius 1 is 1.20 bits per heavy atom. The second-order valence-electron chi connectivity index (χ2n) is 4.66. The van der Waals surface area contributed by atoms with Gasteiger partial charge >= 0.3 is 6.18 Å². The number of aromatic nitrogens is 2. The van der Waals surface area contributed by atoms with Gasteiger partial charge in [0.1, 0.15) is 5.82 Å². The maximum Gasteiger partial charge on any atom is 0.416 e. The topological polar surface area (TPSA) is 37.8 Å². The highest BCUT2D eigenvalue weighted by molar-refractivity contribution is 7.09. The van der Waals surface area contributed by atoms with Gasteiger partial charge in [0.05, 0.1) is 5.56 Å². The number of anilines is 1. The minimum absolute atomic E-state index is 0.257. The highest BCUT2D eigenvalue weighted by atomic mass is 32.1. The summed E-state index contributed by atoms with van der Waals surface area (Å²) in [6.45, 7) is 4.42. The summed E-state index contributed by atoms with van der Waals surface area (Å²) in [5.74, 6) is 1.03. The highest BCUT2D eigenvalue weighted by Crippen LogP contribution is 2.29. The molecule has 0 amide bonds. The first-order valence-electron chi connectivity index (χ1n) is 6.10. The Bertz CT molecular complexity index is 561. The van der Waals surface area contributed by atoms with E-state index < -0.39 is 11.7 Å². The molecule has 0 saturated carbocycles. The van der Waals surface area contributed by atoms with Crippen molar-refractivity contribution in [3.8, 4) is 0 Å². The van der Waals surface area contributed by atoms with E-state index in [1.165, 1.54) is 23.7 Å². The number of hydrogen-bond acceptors (Lipinski definition) is 4. The number of rotatable bonds is 4. The van der Waals surface area contributed by atoms with E-state index in [1.807, 2.05) is 13.8 Å². The van der Waals surface area contributed by atoms with Crippen LogP contribution in [0.15, 0.2) is 24.3 Å². The number of nitrogens with one attached hydrogen (secondary N) is 1. The van der Waals surface area contributed by atoms with Crippen molar-refractivity contribution >= 4 is 16.7 Å². The van der Waals surface area contributed by atoms with Gasteiger partial charge in [-0.2, -0.15) is 17.5 Å². The number of halogens is 3. The molecule has 0 bridgehead atoms. The molecule has 7 heteroatoms. The van der Waals surface area contributed by atoms with Crippen molar-refractivity contribution in [2.75, 3.05) is 5.32 Å². The maximum atomic E-state index is 12.4. The minimum atomic E-state index is -4.29. The summed E-state index contributed by atoms with van der Waals surface area (Å²) in [6, 6.07) is 5.08. The van der Waals surface area contributed by atoms with E-state index in [9.17, 15) is 13.2 Å². The summed E-state index contributed by atoms with van der Waals surface area (Å²) in [6.07, 6.45) is -4.29. The Morgan fingerprint density at radius 3 is 2.35 bits per heavy atom. The second-order valence-corrected chi connectivity index (χ2v) is 5.41. The normalized spacial score (nSPS) is 11.9. The molecule has 0 atom stereocenters. The van der Waals surface area contributed by atoms with Gasteiger partial charge in [-0.3, -0.25) is 0 Å². The first kappa shape index (κ1) is 14.8. The van der Waals surface area contributed by atoms with Crippen LogP contribution in [0.4, 0.5) is 18.3 Å². The summed E-state index contributed by atoms with van der Waals surface area (Å²) >= 11 is 1.25. The van der Waals surface area contributed by atoms with Crippen LogP contribution in [0, 0.1) is 0 Å². The van der Waals surface area contributed by atoms with E-state index in [1.54, 1.807) is 0 Å². The lowest BCUT2D eigenvalue weighted by molar-refractivity contribution is -0.137. The Balaban J connectivity index is 1.97. The molecule has 3 nitrogen and oxygen atoms in total. The summed E-state index contributed by atoms with van der Waals surface area (Å²) in [5.41, 5.74) is 0.124. The molecule has 1 aromatic carbocycles. The van der Waals surface area contributed by atoms with Crippen molar-refractivity contribution in [2.24, 2.45) is 0 Å². The van der Waals surface area contributed by atoms with Crippen molar-refractivity contribution in [1.82, 2.24) is 9.36 Å². The number of alkyl halides is 3. The molecule has 1 N–H and O–H groups in total. The van der Waals surface area contributed by atoms with Gasteiger partial charge in [0, 0.05) is 24.0 Å². The SMILES string of the molecule is CC(C)c1nsc(NCc2ccc(C(F)(F)F)cc2)n1. The van der Waals surface area contributed by atoms with Crippen LogP contribution in [0.3, 0.4) is 0 Å². The summed E-state index contributed by atoms with van der Waals surface area (Å²) in [7, 11) is 0. The molecule has 1 aromatic heterocycles. The fourth-order valence-corrected chi connectivity index (χ4v) is 2.23. The van der Waals surface area contributed by atoms with Gasteiger partial charge in [0.25, 0.3) is 0 Å². The standard InChI is InChI=1S/C13H14F3N3S/c1-8(2)11-18-12(20-19-11)17-7-9-3-5-10(6-4-9)13(14,15)16/h3-6,8H,7H2,1-2H3,(H,17,18,19). The lowest BCUT2D eigenvalue weighted by atomic mass is 10.1. The van der Waals surface area contributed by atoms with Crippen LogP contribution in [-0.2, 0) is 12.7 Å². The third-order valence-corrected chi connectivity index (χ3v) is 3.37. The van der Waals surface area contributed by atoms with Crippen LogP contribution in [-0.4, -0.2) is 9.36 Å². The predicted molar refractivity (Wildman–Crippen MR) is 72.8 cm³/mol. The fraction of sp³-hybridized carbons (Fsp3) is 0.385. The molecule has 1 heterocycles. The number of benzene rings is 1. The average molecular weight is 301 g/mol. The van der Waals surface area contributed by atoms with Crippen molar-refractivity contribution in [1.29, 1.82) is 0 Å². The average Bonchev–Trinajstić information content (AvgIpc) is 2.85. The molecule has 0 saturated heterocycles. The van der Waals surface area contributed by atoms with Gasteiger partial charge < -0.3 is 5.32 Å². The van der Waals surface area contributed by atoms with Crippen LogP contribution < -0.4 is 5.32 Å². The Kier molecular flexibility index (Phi) is 4.27. The first-order chi connectivity index (χ1) is 9.36. The molecule has 0 aliphatic rings. The molecule has 2 rings (SSSR count). The molecule has 0 unspecified atom stereocenters. The van der Waals surface area contributed by atoms with Crippen molar-refractivity contribution in [3.63, 3.8) is 0 Å². The zero-order chi connectivity index (χ0) is 14.8. The Morgan fingerprint density at radius 2 is 1.85 bits per heavy atom. The maximum absolute atomic E-state index is 12.4. The minimum Gasteiger partial charge on any atom is -0.356 e. The second kappa shape index (κ2) is 5.78. The predicted octanol–water partition coefficient (Wildman–Crippen LogP) is 4.29. The van der Waals surface area contributed by atoms with Crippen molar-refractivity contribution < 1.29 is 13.2 Å². The smallest absolute Gasteiger partial charge is 0.356 e. The highest BCUT2D eigenvalue weighted by Gasteiger charge is 2.29.